The van der Waals surface area contributed by atoms with Crippen LogP contribution in [0.3, 0.4) is 0 Å². The Labute approximate surface area is 78.9 Å². The zero-order chi connectivity index (χ0) is 8.97. The van der Waals surface area contributed by atoms with Gasteiger partial charge in [0.15, 0.2) is 0 Å². The number of carbonyl (C=O) groups is 1. The van der Waals surface area contributed by atoms with Gasteiger partial charge in [0, 0.05) is 24.8 Å². The molecular weight excluding hydrogens is 172 g/mol. The second-order valence-electron chi connectivity index (χ2n) is 3.15. The summed E-state index contributed by atoms with van der Waals surface area (Å²) < 4.78 is 0. The van der Waals surface area contributed by atoms with Crippen LogP contribution in [0.2, 0.25) is 0 Å². The normalized spacial score (nSPS) is 23.7. The molecule has 0 aromatic heterocycles. The van der Waals surface area contributed by atoms with Gasteiger partial charge >= 0.3 is 0 Å². The van der Waals surface area contributed by atoms with Crippen molar-refractivity contribution in [3.8, 4) is 0 Å². The predicted octanol–water partition coefficient (Wildman–Crippen LogP) is 0.127. The molecule has 1 rings (SSSR count). The maximum absolute atomic E-state index is 11.2. The Kier molecular flexibility index (Phi) is 3.88. The highest BCUT2D eigenvalue weighted by Gasteiger charge is 2.25. The Morgan fingerprint density at radius 2 is 2.50 bits per heavy atom. The molecule has 0 bridgehead atoms. The highest BCUT2D eigenvalue weighted by atomic mass is 32.1. The Hall–Kier alpha value is -0.220. The van der Waals surface area contributed by atoms with Gasteiger partial charge < -0.3 is 10.2 Å². The number of carbonyl (C=O) groups excluding carboxylic acids is 1. The van der Waals surface area contributed by atoms with Gasteiger partial charge in [0.25, 0.3) is 0 Å². The summed E-state index contributed by atoms with van der Waals surface area (Å²) in [7, 11) is 1.92. The van der Waals surface area contributed by atoms with Crippen molar-refractivity contribution in [2.45, 2.75) is 18.1 Å². The summed E-state index contributed by atoms with van der Waals surface area (Å²) in [6, 6.07) is 0. The smallest absolute Gasteiger partial charge is 0.223 e. The van der Waals surface area contributed by atoms with Crippen molar-refractivity contribution in [2.24, 2.45) is 0 Å². The number of thiol groups is 1. The van der Waals surface area contributed by atoms with E-state index in [0.717, 1.165) is 26.1 Å². The lowest BCUT2D eigenvalue weighted by Gasteiger charge is -2.15. The first kappa shape index (κ1) is 9.86. The molecule has 1 aliphatic rings. The van der Waals surface area contributed by atoms with Crippen molar-refractivity contribution in [3.05, 3.63) is 0 Å². The molecule has 1 N–H and O–H groups in total. The maximum atomic E-state index is 11.2. The minimum absolute atomic E-state index is 0.256. The zero-order valence-corrected chi connectivity index (χ0v) is 8.31. The van der Waals surface area contributed by atoms with Crippen LogP contribution in [-0.4, -0.2) is 42.7 Å². The van der Waals surface area contributed by atoms with E-state index in [4.69, 9.17) is 0 Å². The Balaban J connectivity index is 2.19. The lowest BCUT2D eigenvalue weighted by Crippen LogP contribution is -2.28. The number of nitrogens with zero attached hydrogens (tertiary/aromatic N) is 1. The minimum Gasteiger partial charge on any atom is -0.342 e. The molecule has 0 radical (unpaired) electrons. The third-order valence-corrected chi connectivity index (χ3v) is 2.39. The third-order valence-electron chi connectivity index (χ3n) is 2.05. The van der Waals surface area contributed by atoms with Gasteiger partial charge in [-0.15, -0.1) is 0 Å². The summed E-state index contributed by atoms with van der Waals surface area (Å²) in [6.45, 7) is 2.67. The van der Waals surface area contributed by atoms with E-state index in [2.05, 4.69) is 17.9 Å². The summed E-state index contributed by atoms with van der Waals surface area (Å²) in [6.07, 6.45) is 1.64. The van der Waals surface area contributed by atoms with Crippen LogP contribution in [0.5, 0.6) is 0 Å². The van der Waals surface area contributed by atoms with Crippen molar-refractivity contribution >= 4 is 18.5 Å². The molecule has 0 aliphatic carbocycles. The van der Waals surface area contributed by atoms with Crippen LogP contribution in [0.25, 0.3) is 0 Å². The highest BCUT2D eigenvalue weighted by Crippen LogP contribution is 2.15. The lowest BCUT2D eigenvalue weighted by atomic mass is 10.4. The fourth-order valence-electron chi connectivity index (χ4n) is 1.41. The number of likely N-dealkylation sites (tertiary alicyclic amines) is 1. The van der Waals surface area contributed by atoms with E-state index in [1.54, 1.807) is 0 Å². The van der Waals surface area contributed by atoms with E-state index in [9.17, 15) is 4.79 Å². The molecule has 12 heavy (non-hydrogen) atoms. The summed E-state index contributed by atoms with van der Waals surface area (Å²) in [5.41, 5.74) is 0. The topological polar surface area (TPSA) is 32.3 Å². The molecule has 1 aliphatic heterocycles. The summed E-state index contributed by atoms with van der Waals surface area (Å²) in [5.74, 6) is 0.256. The number of nitrogens with one attached hydrogen (secondary N) is 1. The molecule has 1 atom stereocenters. The van der Waals surface area contributed by atoms with E-state index in [1.165, 1.54) is 0 Å². The molecule has 1 unspecified atom stereocenters. The Morgan fingerprint density at radius 3 is 3.00 bits per heavy atom. The Morgan fingerprint density at radius 1 is 1.75 bits per heavy atom. The second kappa shape index (κ2) is 4.72. The van der Waals surface area contributed by atoms with Crippen molar-refractivity contribution < 1.29 is 4.79 Å². The van der Waals surface area contributed by atoms with Crippen LogP contribution in [-0.2, 0) is 4.79 Å². The maximum Gasteiger partial charge on any atom is 0.223 e. The van der Waals surface area contributed by atoms with E-state index in [0.29, 0.717) is 6.42 Å². The van der Waals surface area contributed by atoms with Crippen LogP contribution in [0.15, 0.2) is 0 Å². The zero-order valence-electron chi connectivity index (χ0n) is 7.42. The monoisotopic (exact) mass is 188 g/mol. The Bertz CT molecular complexity index is 163. The van der Waals surface area contributed by atoms with Crippen molar-refractivity contribution in [1.82, 2.24) is 10.2 Å². The summed E-state index contributed by atoms with van der Waals surface area (Å²) in [5, 5.41) is 3.32. The summed E-state index contributed by atoms with van der Waals surface area (Å²) >= 11 is 4.28. The first-order valence-corrected chi connectivity index (χ1v) is 4.86. The van der Waals surface area contributed by atoms with Crippen molar-refractivity contribution in [1.29, 1.82) is 0 Å². The van der Waals surface area contributed by atoms with Crippen LogP contribution in [0.1, 0.15) is 12.8 Å². The fraction of sp³-hybridized carbons (Fsp3) is 0.875. The first-order chi connectivity index (χ1) is 5.74. The van der Waals surface area contributed by atoms with E-state index in [1.807, 2.05) is 11.9 Å². The molecule has 0 spiro atoms. The predicted molar refractivity (Wildman–Crippen MR) is 52.5 cm³/mol. The van der Waals surface area contributed by atoms with Gasteiger partial charge in [-0.2, -0.15) is 12.6 Å². The van der Waals surface area contributed by atoms with Gasteiger partial charge in [-0.05, 0) is 20.0 Å². The van der Waals surface area contributed by atoms with E-state index in [-0.39, 0.29) is 11.2 Å². The van der Waals surface area contributed by atoms with Crippen LogP contribution in [0.4, 0.5) is 0 Å². The SMILES string of the molecule is CNCCCN1CC(S)CC1=O. The second-order valence-corrected chi connectivity index (χ2v) is 3.89. The van der Waals surface area contributed by atoms with E-state index < -0.39 is 0 Å². The van der Waals surface area contributed by atoms with Gasteiger partial charge in [-0.3, -0.25) is 4.79 Å². The van der Waals surface area contributed by atoms with Gasteiger partial charge in [-0.25, -0.2) is 0 Å². The first-order valence-electron chi connectivity index (χ1n) is 4.34. The molecule has 0 aromatic carbocycles. The van der Waals surface area contributed by atoms with Gasteiger partial charge in [0.05, 0.1) is 0 Å². The number of hydrogen-bond donors (Lipinski definition) is 2. The van der Waals surface area contributed by atoms with Crippen molar-refractivity contribution in [2.75, 3.05) is 26.7 Å². The highest BCUT2D eigenvalue weighted by molar-refractivity contribution is 7.81. The molecule has 1 saturated heterocycles. The summed E-state index contributed by atoms with van der Waals surface area (Å²) in [4.78, 5) is 13.1. The third kappa shape index (κ3) is 2.68. The van der Waals surface area contributed by atoms with Gasteiger partial charge in [-0.1, -0.05) is 0 Å². The lowest BCUT2D eigenvalue weighted by molar-refractivity contribution is -0.127. The number of hydrogen-bond acceptors (Lipinski definition) is 3. The molecule has 4 heteroatoms. The standard InChI is InChI=1S/C8H16N2OS/c1-9-3-2-4-10-6-7(12)5-8(10)11/h7,9,12H,2-6H2,1H3. The number of amides is 1. The van der Waals surface area contributed by atoms with Gasteiger partial charge in [0.1, 0.15) is 0 Å². The average Bonchev–Trinajstić information content (AvgIpc) is 2.31. The molecule has 1 amide bonds. The van der Waals surface area contributed by atoms with E-state index >= 15 is 0 Å². The molecule has 3 nitrogen and oxygen atoms in total. The quantitative estimate of drug-likeness (QED) is 0.485. The number of rotatable bonds is 4. The molecule has 0 saturated carbocycles. The van der Waals surface area contributed by atoms with Crippen molar-refractivity contribution in [3.63, 3.8) is 0 Å². The molecular formula is C8H16N2OS. The molecule has 70 valence electrons. The molecule has 1 heterocycles. The fourth-order valence-corrected chi connectivity index (χ4v) is 1.77. The molecule has 0 aromatic rings. The largest absolute Gasteiger partial charge is 0.342 e. The van der Waals surface area contributed by atoms with Crippen LogP contribution < -0.4 is 5.32 Å². The van der Waals surface area contributed by atoms with Crippen LogP contribution >= 0.6 is 12.6 Å². The molecule has 1 fully saturated rings. The van der Waals surface area contributed by atoms with Gasteiger partial charge in [0.2, 0.25) is 5.91 Å². The van der Waals surface area contributed by atoms with Crippen LogP contribution in [0, 0.1) is 0 Å². The average molecular weight is 188 g/mol. The minimum atomic E-state index is 0.256.